The molecule has 1 heterocycles. The van der Waals surface area contributed by atoms with Crippen LogP contribution in [-0.4, -0.2) is 12.5 Å². The second-order valence-corrected chi connectivity index (χ2v) is 6.16. The maximum atomic E-state index is 12.4. The Bertz CT molecular complexity index is 703. The van der Waals surface area contributed by atoms with E-state index in [1.165, 1.54) is 5.56 Å². The number of carbonyl (C=O) groups excluding carboxylic acids is 1. The van der Waals surface area contributed by atoms with Crippen LogP contribution in [0.4, 0.5) is 11.4 Å². The van der Waals surface area contributed by atoms with Crippen LogP contribution in [0.3, 0.4) is 0 Å². The molecule has 1 aliphatic rings. The van der Waals surface area contributed by atoms with Crippen LogP contribution in [0.5, 0.6) is 0 Å². The molecule has 3 rings (SSSR count). The largest absolute Gasteiger partial charge is 0.385 e. The van der Waals surface area contributed by atoms with Gasteiger partial charge in [-0.25, -0.2) is 0 Å². The molecule has 0 bridgehead atoms. The summed E-state index contributed by atoms with van der Waals surface area (Å²) in [4.78, 5) is 12.4. The molecule has 21 heavy (non-hydrogen) atoms. The molecule has 2 aromatic rings. The van der Waals surface area contributed by atoms with Crippen LogP contribution in [0.1, 0.15) is 22.3 Å². The zero-order chi connectivity index (χ0) is 14.8. The summed E-state index contributed by atoms with van der Waals surface area (Å²) in [5.74, 6) is -0.133. The zero-order valence-corrected chi connectivity index (χ0v) is 13.6. The summed E-state index contributed by atoms with van der Waals surface area (Å²) < 4.78 is 0.694. The third-order valence-electron chi connectivity index (χ3n) is 3.51. The van der Waals surface area contributed by atoms with Crippen molar-refractivity contribution in [3.63, 3.8) is 0 Å². The first-order valence-corrected chi connectivity index (χ1v) is 7.94. The molecule has 0 spiro atoms. The fourth-order valence-corrected chi connectivity index (χ4v) is 2.95. The lowest BCUT2D eigenvalue weighted by atomic mass is 10.0. The highest BCUT2D eigenvalue weighted by molar-refractivity contribution is 9.10. The van der Waals surface area contributed by atoms with Crippen molar-refractivity contribution in [3.05, 3.63) is 57.0 Å². The molecule has 0 aromatic heterocycles. The molecule has 0 unspecified atom stereocenters. The summed E-state index contributed by atoms with van der Waals surface area (Å²) in [6.45, 7) is 0.994. The second kappa shape index (κ2) is 6.08. The number of fused-ring (bicyclic) bond motifs is 1. The highest BCUT2D eigenvalue weighted by Gasteiger charge is 2.14. The Balaban J connectivity index is 1.84. The van der Waals surface area contributed by atoms with E-state index in [1.807, 2.05) is 24.3 Å². The SMILES string of the molecule is O=C(Nc1cccc(Cl)c1Br)c1ccc2c(c1)CCCN2. The van der Waals surface area contributed by atoms with E-state index < -0.39 is 0 Å². The van der Waals surface area contributed by atoms with Gasteiger partial charge >= 0.3 is 0 Å². The van der Waals surface area contributed by atoms with Crippen LogP contribution in [0.15, 0.2) is 40.9 Å². The first-order valence-electron chi connectivity index (χ1n) is 6.77. The Morgan fingerprint density at radius 3 is 3.00 bits per heavy atom. The van der Waals surface area contributed by atoms with E-state index in [9.17, 15) is 4.79 Å². The number of nitrogens with one attached hydrogen (secondary N) is 2. The van der Waals surface area contributed by atoms with E-state index in [2.05, 4.69) is 26.6 Å². The average Bonchev–Trinajstić information content (AvgIpc) is 2.51. The van der Waals surface area contributed by atoms with Gasteiger partial charge in [0.2, 0.25) is 0 Å². The van der Waals surface area contributed by atoms with Crippen LogP contribution in [0.25, 0.3) is 0 Å². The molecule has 1 amide bonds. The van der Waals surface area contributed by atoms with Crippen LogP contribution >= 0.6 is 27.5 Å². The molecule has 2 aromatic carbocycles. The molecule has 108 valence electrons. The third kappa shape index (κ3) is 3.06. The Labute approximate surface area is 136 Å². The second-order valence-electron chi connectivity index (χ2n) is 4.96. The molecule has 0 saturated carbocycles. The van der Waals surface area contributed by atoms with Gasteiger partial charge in [0.05, 0.1) is 15.2 Å². The standard InChI is InChI=1S/C16H14BrClN2O/c17-15-12(18)4-1-5-14(15)20-16(21)11-6-7-13-10(9-11)3-2-8-19-13/h1,4-7,9,19H,2-3,8H2,(H,20,21). The predicted octanol–water partition coefficient (Wildman–Crippen LogP) is 4.71. The fraction of sp³-hybridized carbons (Fsp3) is 0.188. The molecule has 3 nitrogen and oxygen atoms in total. The normalized spacial score (nSPS) is 13.2. The van der Waals surface area contributed by atoms with Gasteiger partial charge in [0.25, 0.3) is 5.91 Å². The maximum Gasteiger partial charge on any atom is 0.255 e. The number of rotatable bonds is 2. The van der Waals surface area contributed by atoms with E-state index in [1.54, 1.807) is 12.1 Å². The van der Waals surface area contributed by atoms with Gasteiger partial charge < -0.3 is 10.6 Å². The van der Waals surface area contributed by atoms with Gasteiger partial charge in [0.1, 0.15) is 0 Å². The van der Waals surface area contributed by atoms with Crippen molar-refractivity contribution < 1.29 is 4.79 Å². The molecule has 2 N–H and O–H groups in total. The van der Waals surface area contributed by atoms with Crippen LogP contribution in [0, 0.1) is 0 Å². The lowest BCUT2D eigenvalue weighted by Gasteiger charge is -2.18. The monoisotopic (exact) mass is 364 g/mol. The van der Waals surface area contributed by atoms with Crippen LogP contribution < -0.4 is 10.6 Å². The summed E-state index contributed by atoms with van der Waals surface area (Å²) in [5, 5.41) is 6.79. The molecule has 0 radical (unpaired) electrons. The van der Waals surface area contributed by atoms with Gasteiger partial charge in [0.15, 0.2) is 0 Å². The smallest absolute Gasteiger partial charge is 0.255 e. The summed E-state index contributed by atoms with van der Waals surface area (Å²) in [5.41, 5.74) is 3.65. The number of halogens is 2. The Morgan fingerprint density at radius 1 is 1.29 bits per heavy atom. The summed E-state index contributed by atoms with van der Waals surface area (Å²) in [6, 6.07) is 11.1. The number of anilines is 2. The minimum absolute atomic E-state index is 0.133. The molecule has 0 atom stereocenters. The molecular formula is C16H14BrClN2O. The Kier molecular flexibility index (Phi) is 4.17. The van der Waals surface area contributed by atoms with Crippen molar-refractivity contribution in [2.75, 3.05) is 17.2 Å². The summed E-state index contributed by atoms with van der Waals surface area (Å²) in [7, 11) is 0. The first-order chi connectivity index (χ1) is 10.1. The van der Waals surface area contributed by atoms with Gasteiger partial charge in [-0.05, 0) is 64.7 Å². The molecular weight excluding hydrogens is 352 g/mol. The molecule has 5 heteroatoms. The van der Waals surface area contributed by atoms with Gasteiger partial charge in [-0.3, -0.25) is 4.79 Å². The van der Waals surface area contributed by atoms with Gasteiger partial charge in [-0.1, -0.05) is 17.7 Å². The number of carbonyl (C=O) groups is 1. The average molecular weight is 366 g/mol. The minimum atomic E-state index is -0.133. The van der Waals surface area contributed by atoms with E-state index >= 15 is 0 Å². The van der Waals surface area contributed by atoms with Crippen molar-refractivity contribution in [1.82, 2.24) is 0 Å². The summed E-state index contributed by atoms with van der Waals surface area (Å²) >= 11 is 9.42. The molecule has 0 saturated heterocycles. The number of aryl methyl sites for hydroxylation is 1. The number of hydrogen-bond acceptors (Lipinski definition) is 2. The van der Waals surface area contributed by atoms with E-state index in [0.717, 1.165) is 25.1 Å². The zero-order valence-electron chi connectivity index (χ0n) is 11.2. The Morgan fingerprint density at radius 2 is 2.14 bits per heavy atom. The van der Waals surface area contributed by atoms with Gasteiger partial charge in [-0.2, -0.15) is 0 Å². The lowest BCUT2D eigenvalue weighted by molar-refractivity contribution is 0.102. The quantitative estimate of drug-likeness (QED) is 0.809. The van der Waals surface area contributed by atoms with Crippen LogP contribution in [0.2, 0.25) is 5.02 Å². The summed E-state index contributed by atoms with van der Waals surface area (Å²) in [6.07, 6.45) is 2.10. The third-order valence-corrected chi connectivity index (χ3v) is 4.90. The molecule has 0 fully saturated rings. The number of benzene rings is 2. The van der Waals surface area contributed by atoms with Crippen molar-refractivity contribution in [2.45, 2.75) is 12.8 Å². The predicted molar refractivity (Wildman–Crippen MR) is 90.4 cm³/mol. The highest BCUT2D eigenvalue weighted by atomic mass is 79.9. The van der Waals surface area contributed by atoms with Crippen LogP contribution in [-0.2, 0) is 6.42 Å². The number of amides is 1. The van der Waals surface area contributed by atoms with E-state index in [4.69, 9.17) is 11.6 Å². The van der Waals surface area contributed by atoms with Crippen molar-refractivity contribution in [3.8, 4) is 0 Å². The topological polar surface area (TPSA) is 41.1 Å². The van der Waals surface area contributed by atoms with Gasteiger partial charge in [0, 0.05) is 17.8 Å². The Hall–Kier alpha value is -1.52. The van der Waals surface area contributed by atoms with Crippen molar-refractivity contribution in [2.24, 2.45) is 0 Å². The lowest BCUT2D eigenvalue weighted by Crippen LogP contribution is -2.15. The highest BCUT2D eigenvalue weighted by Crippen LogP contribution is 2.30. The molecule has 0 aliphatic carbocycles. The molecule has 1 aliphatic heterocycles. The first kappa shape index (κ1) is 14.4. The van der Waals surface area contributed by atoms with Crippen molar-refractivity contribution in [1.29, 1.82) is 0 Å². The fourth-order valence-electron chi connectivity index (χ4n) is 2.41. The van der Waals surface area contributed by atoms with Crippen molar-refractivity contribution >= 4 is 44.8 Å². The van der Waals surface area contributed by atoms with E-state index in [0.29, 0.717) is 20.7 Å². The van der Waals surface area contributed by atoms with E-state index in [-0.39, 0.29) is 5.91 Å². The minimum Gasteiger partial charge on any atom is -0.385 e. The maximum absolute atomic E-state index is 12.4. The number of hydrogen-bond donors (Lipinski definition) is 2. The van der Waals surface area contributed by atoms with Gasteiger partial charge in [-0.15, -0.1) is 0 Å².